The van der Waals surface area contributed by atoms with Crippen molar-refractivity contribution in [3.63, 3.8) is 0 Å². The van der Waals surface area contributed by atoms with E-state index in [1.165, 1.54) is 25.3 Å². The molecule has 5 N–H and O–H groups in total. The van der Waals surface area contributed by atoms with E-state index < -0.39 is 27.8 Å². The molecule has 34 heavy (non-hydrogen) atoms. The molecule has 13 heteroatoms. The Morgan fingerprint density at radius 3 is 2.35 bits per heavy atom. The summed E-state index contributed by atoms with van der Waals surface area (Å²) in [5, 5.41) is 19.2. The van der Waals surface area contributed by atoms with Gasteiger partial charge in [0.05, 0.1) is 5.56 Å². The summed E-state index contributed by atoms with van der Waals surface area (Å²) in [6.07, 6.45) is 5.90. The first-order valence-electron chi connectivity index (χ1n) is 10.9. The van der Waals surface area contributed by atoms with E-state index >= 15 is 0 Å². The monoisotopic (exact) mass is 489 g/mol. The van der Waals surface area contributed by atoms with Gasteiger partial charge < -0.3 is 21.1 Å². The summed E-state index contributed by atoms with van der Waals surface area (Å²) >= 11 is 0.884. The number of amides is 2. The van der Waals surface area contributed by atoms with E-state index in [-0.39, 0.29) is 30.0 Å². The molecule has 1 aliphatic heterocycles. The largest absolute Gasteiger partial charge is 0.478 e. The van der Waals surface area contributed by atoms with E-state index in [4.69, 9.17) is 5.11 Å². The highest BCUT2D eigenvalue weighted by Gasteiger charge is 2.31. The molecule has 2 amide bonds. The average molecular weight is 490 g/mol. The number of thioether (sulfide) groups is 1. The minimum absolute atomic E-state index is 0.103. The number of carbonyl (C=O) groups is 3. The number of hydrogen-bond donors (Lipinski definition) is 5. The normalized spacial score (nSPS) is 18.4. The van der Waals surface area contributed by atoms with Crippen molar-refractivity contribution in [3.05, 3.63) is 29.6 Å². The van der Waals surface area contributed by atoms with Crippen LogP contribution in [-0.2, 0) is 4.79 Å². The maximum atomic E-state index is 14.1. The van der Waals surface area contributed by atoms with Crippen LogP contribution in [0.15, 0.2) is 18.2 Å². The topological polar surface area (TPSA) is 158 Å². The first-order chi connectivity index (χ1) is 16.4. The van der Waals surface area contributed by atoms with E-state index in [1.807, 2.05) is 0 Å². The molecule has 1 saturated heterocycles. The minimum atomic E-state index is -1.36. The van der Waals surface area contributed by atoms with Gasteiger partial charge >= 0.3 is 5.97 Å². The number of hydrogen-bond acceptors (Lipinski definition) is 10. The molecular formula is C21H24FN7O4S. The number of halogens is 1. The Hall–Kier alpha value is -3.48. The van der Waals surface area contributed by atoms with Crippen LogP contribution in [0.2, 0.25) is 0 Å². The number of imide groups is 1. The summed E-state index contributed by atoms with van der Waals surface area (Å²) in [6.45, 7) is 0.815. The number of aromatic carboxylic acids is 1. The molecular weight excluding hydrogens is 465 g/mol. The Labute approximate surface area is 198 Å². The predicted octanol–water partition coefficient (Wildman–Crippen LogP) is 3.21. The fraction of sp³-hybridized carbons (Fsp3) is 0.429. The molecule has 0 bridgehead atoms. The Morgan fingerprint density at radius 2 is 1.74 bits per heavy atom. The van der Waals surface area contributed by atoms with Gasteiger partial charge in [0.2, 0.25) is 23.8 Å². The molecule has 2 fully saturated rings. The second-order valence-corrected chi connectivity index (χ2v) is 9.26. The van der Waals surface area contributed by atoms with Crippen LogP contribution >= 0.6 is 11.8 Å². The highest BCUT2D eigenvalue weighted by atomic mass is 32.2. The number of benzene rings is 1. The van der Waals surface area contributed by atoms with E-state index in [0.29, 0.717) is 18.4 Å². The molecule has 1 aromatic heterocycles. The standard InChI is InChI=1S/C21H24FN7O4S/c22-14-8-12(6-7-13(14)17(31)32)25-20-28-18(23-9-11-4-2-1-3-5-11)27-19(29-20)24-10-15-16(30)26-21(33)34-15/h6-8,11,15H,1-5,9-10H2,(H,31,32)(H,26,30,33)(H3,23,24,25,27,28,29). The molecule has 0 radical (unpaired) electrons. The highest BCUT2D eigenvalue weighted by molar-refractivity contribution is 8.15. The first kappa shape index (κ1) is 23.7. The summed E-state index contributed by atoms with van der Waals surface area (Å²) in [5.74, 6) is -1.57. The van der Waals surface area contributed by atoms with Gasteiger partial charge in [0, 0.05) is 18.8 Å². The molecule has 1 aliphatic carbocycles. The third kappa shape index (κ3) is 6.10. The predicted molar refractivity (Wildman–Crippen MR) is 125 cm³/mol. The number of aromatic nitrogens is 3. The minimum Gasteiger partial charge on any atom is -0.478 e. The summed E-state index contributed by atoms with van der Waals surface area (Å²) in [5.41, 5.74) is -0.186. The van der Waals surface area contributed by atoms with Crippen LogP contribution in [0.5, 0.6) is 0 Å². The Morgan fingerprint density at radius 1 is 1.06 bits per heavy atom. The lowest BCUT2D eigenvalue weighted by Crippen LogP contribution is -2.29. The fourth-order valence-electron chi connectivity index (χ4n) is 3.82. The third-order valence-electron chi connectivity index (χ3n) is 5.58. The van der Waals surface area contributed by atoms with Crippen LogP contribution in [0.4, 0.5) is 32.7 Å². The highest BCUT2D eigenvalue weighted by Crippen LogP contribution is 2.25. The number of nitrogens with one attached hydrogen (secondary N) is 4. The van der Waals surface area contributed by atoms with E-state index in [2.05, 4.69) is 36.2 Å². The molecule has 0 spiro atoms. The van der Waals surface area contributed by atoms with Crippen molar-refractivity contribution < 1.29 is 23.9 Å². The molecule has 11 nitrogen and oxygen atoms in total. The zero-order valence-electron chi connectivity index (χ0n) is 18.1. The van der Waals surface area contributed by atoms with Gasteiger partial charge in [0.1, 0.15) is 11.1 Å². The smallest absolute Gasteiger partial charge is 0.338 e. The van der Waals surface area contributed by atoms with Gasteiger partial charge in [-0.25, -0.2) is 9.18 Å². The van der Waals surface area contributed by atoms with Gasteiger partial charge in [-0.05, 0) is 48.7 Å². The van der Waals surface area contributed by atoms with Crippen LogP contribution < -0.4 is 21.3 Å². The van der Waals surface area contributed by atoms with Crippen LogP contribution in [-0.4, -0.2) is 55.5 Å². The van der Waals surface area contributed by atoms with Crippen molar-refractivity contribution in [3.8, 4) is 0 Å². The molecule has 1 aromatic carbocycles. The lowest BCUT2D eigenvalue weighted by Gasteiger charge is -2.22. The maximum absolute atomic E-state index is 14.1. The number of carboxylic acids is 1. The molecule has 1 saturated carbocycles. The Kier molecular flexibility index (Phi) is 7.40. The second-order valence-electron chi connectivity index (χ2n) is 8.08. The molecule has 2 aromatic rings. The summed E-state index contributed by atoms with van der Waals surface area (Å²) in [4.78, 5) is 47.2. The molecule has 1 atom stereocenters. The van der Waals surface area contributed by atoms with E-state index in [9.17, 15) is 18.8 Å². The second kappa shape index (κ2) is 10.6. The van der Waals surface area contributed by atoms with Crippen LogP contribution in [0.3, 0.4) is 0 Å². The third-order valence-corrected chi connectivity index (χ3v) is 6.56. The van der Waals surface area contributed by atoms with Gasteiger partial charge in [-0.2, -0.15) is 15.0 Å². The number of rotatable bonds is 9. The Bertz CT molecular complexity index is 1100. The summed E-state index contributed by atoms with van der Waals surface area (Å²) < 4.78 is 14.1. The van der Waals surface area contributed by atoms with E-state index in [1.54, 1.807) is 0 Å². The summed E-state index contributed by atoms with van der Waals surface area (Å²) in [7, 11) is 0. The number of nitrogens with zero attached hydrogens (tertiary/aromatic N) is 3. The van der Waals surface area contributed by atoms with Gasteiger partial charge in [0.25, 0.3) is 5.24 Å². The molecule has 4 rings (SSSR count). The zero-order valence-corrected chi connectivity index (χ0v) is 19.0. The van der Waals surface area contributed by atoms with Gasteiger partial charge in [-0.15, -0.1) is 0 Å². The molecule has 180 valence electrons. The molecule has 1 unspecified atom stereocenters. The van der Waals surface area contributed by atoms with Gasteiger partial charge in [-0.3, -0.25) is 14.9 Å². The molecule has 2 aliphatic rings. The lowest BCUT2D eigenvalue weighted by molar-refractivity contribution is -0.118. The van der Waals surface area contributed by atoms with Crippen molar-refractivity contribution in [1.29, 1.82) is 0 Å². The van der Waals surface area contributed by atoms with Gasteiger partial charge in [-0.1, -0.05) is 19.3 Å². The van der Waals surface area contributed by atoms with Crippen molar-refractivity contribution in [2.45, 2.75) is 37.4 Å². The SMILES string of the molecule is O=C1NC(=O)C(CNc2nc(NCC3CCCCC3)nc(Nc3ccc(C(=O)O)c(F)c3)n2)S1. The maximum Gasteiger partial charge on any atom is 0.338 e. The number of carbonyl (C=O) groups excluding carboxylic acids is 2. The van der Waals surface area contributed by atoms with Crippen molar-refractivity contribution >= 4 is 52.4 Å². The quantitative estimate of drug-likeness (QED) is 0.352. The number of carboxylic acid groups (broad SMARTS) is 1. The number of anilines is 4. The first-order valence-corrected chi connectivity index (χ1v) is 11.8. The van der Waals surface area contributed by atoms with Crippen molar-refractivity contribution in [2.24, 2.45) is 5.92 Å². The van der Waals surface area contributed by atoms with Crippen LogP contribution in [0.1, 0.15) is 42.5 Å². The average Bonchev–Trinajstić information content (AvgIpc) is 3.13. The zero-order chi connectivity index (χ0) is 24.1. The lowest BCUT2D eigenvalue weighted by atomic mass is 9.89. The van der Waals surface area contributed by atoms with Crippen molar-refractivity contribution in [2.75, 3.05) is 29.0 Å². The fourth-order valence-corrected chi connectivity index (χ4v) is 4.57. The van der Waals surface area contributed by atoms with Crippen LogP contribution in [0.25, 0.3) is 0 Å². The van der Waals surface area contributed by atoms with Crippen molar-refractivity contribution in [1.82, 2.24) is 20.3 Å². The summed E-state index contributed by atoms with van der Waals surface area (Å²) in [6, 6.07) is 3.60. The van der Waals surface area contributed by atoms with Gasteiger partial charge in [0.15, 0.2) is 0 Å². The Balaban J connectivity index is 1.50. The molecule has 2 heterocycles. The van der Waals surface area contributed by atoms with Crippen LogP contribution in [0, 0.1) is 11.7 Å². The van der Waals surface area contributed by atoms with E-state index in [0.717, 1.165) is 36.7 Å².